The third kappa shape index (κ3) is 3.85. The highest BCUT2D eigenvalue weighted by Gasteiger charge is 1.99. The Balaban J connectivity index is 2.50. The summed E-state index contributed by atoms with van der Waals surface area (Å²) in [5, 5.41) is 0.460. The molecule has 3 nitrogen and oxygen atoms in total. The van der Waals surface area contributed by atoms with Gasteiger partial charge in [-0.1, -0.05) is 23.8 Å². The molecule has 1 aromatic heterocycles. The molecule has 1 heterocycles. The minimum absolute atomic E-state index is 0.395. The average Bonchev–Trinajstić information content (AvgIpc) is 2.11. The first-order valence-electron chi connectivity index (χ1n) is 4.41. The van der Waals surface area contributed by atoms with E-state index in [1.165, 1.54) is 0 Å². The third-order valence-electron chi connectivity index (χ3n) is 1.55. The van der Waals surface area contributed by atoms with Crippen molar-refractivity contribution in [3.8, 4) is 0 Å². The van der Waals surface area contributed by atoms with Gasteiger partial charge in [-0.25, -0.2) is 9.97 Å². The highest BCUT2D eigenvalue weighted by atomic mass is 35.5. The van der Waals surface area contributed by atoms with Crippen LogP contribution in [-0.2, 0) is 11.3 Å². The number of hydrogen-bond donors (Lipinski definition) is 0. The molecule has 0 aliphatic heterocycles. The summed E-state index contributed by atoms with van der Waals surface area (Å²) in [5.41, 5.74) is 0.856. The fraction of sp³-hybridized carbons (Fsp3) is 0.400. The molecule has 0 unspecified atom stereocenters. The summed E-state index contributed by atoms with van der Waals surface area (Å²) in [5.74, 6) is 0.625. The minimum atomic E-state index is 0.395. The van der Waals surface area contributed by atoms with Gasteiger partial charge in [0.25, 0.3) is 0 Å². The minimum Gasteiger partial charge on any atom is -0.369 e. The van der Waals surface area contributed by atoms with Crippen LogP contribution in [0.25, 0.3) is 0 Å². The number of rotatable bonds is 4. The fourth-order valence-electron chi connectivity index (χ4n) is 0.968. The van der Waals surface area contributed by atoms with Crippen LogP contribution in [0.3, 0.4) is 0 Å². The standard InChI is InChI=1S/C10H13ClN2O/c1-3-4-5-14-7-10-12-8(2)6-9(11)13-10/h3-4,6H,5,7H2,1-2H3/b4-3+. The van der Waals surface area contributed by atoms with E-state index in [4.69, 9.17) is 16.3 Å². The topological polar surface area (TPSA) is 35.0 Å². The van der Waals surface area contributed by atoms with Crippen molar-refractivity contribution in [2.75, 3.05) is 6.61 Å². The van der Waals surface area contributed by atoms with Crippen molar-refractivity contribution in [2.24, 2.45) is 0 Å². The van der Waals surface area contributed by atoms with Crippen molar-refractivity contribution in [1.82, 2.24) is 9.97 Å². The van der Waals surface area contributed by atoms with Crippen LogP contribution in [0.5, 0.6) is 0 Å². The second-order valence-corrected chi connectivity index (χ2v) is 3.22. The van der Waals surface area contributed by atoms with E-state index in [2.05, 4.69) is 9.97 Å². The van der Waals surface area contributed by atoms with Gasteiger partial charge in [-0.3, -0.25) is 0 Å². The summed E-state index contributed by atoms with van der Waals surface area (Å²) in [6, 6.07) is 1.72. The molecule has 0 bridgehead atoms. The number of aromatic nitrogens is 2. The number of allylic oxidation sites excluding steroid dienone is 1. The third-order valence-corrected chi connectivity index (χ3v) is 1.74. The van der Waals surface area contributed by atoms with Gasteiger partial charge < -0.3 is 4.74 Å². The van der Waals surface area contributed by atoms with Crippen LogP contribution >= 0.6 is 11.6 Å². The predicted molar refractivity (Wildman–Crippen MR) is 56.2 cm³/mol. The van der Waals surface area contributed by atoms with Crippen LogP contribution in [0.4, 0.5) is 0 Å². The highest BCUT2D eigenvalue weighted by molar-refractivity contribution is 6.29. The molecule has 0 radical (unpaired) electrons. The summed E-state index contributed by atoms with van der Waals surface area (Å²) in [6.07, 6.45) is 3.86. The van der Waals surface area contributed by atoms with Crippen molar-refractivity contribution in [1.29, 1.82) is 0 Å². The summed E-state index contributed by atoms with van der Waals surface area (Å²) in [4.78, 5) is 8.22. The van der Waals surface area contributed by atoms with E-state index in [0.717, 1.165) is 5.69 Å². The van der Waals surface area contributed by atoms with Crippen molar-refractivity contribution >= 4 is 11.6 Å². The van der Waals surface area contributed by atoms with Crippen LogP contribution in [0, 0.1) is 6.92 Å². The molecule has 0 aliphatic carbocycles. The lowest BCUT2D eigenvalue weighted by Gasteiger charge is -2.01. The lowest BCUT2D eigenvalue weighted by atomic mass is 10.4. The number of halogens is 1. The van der Waals surface area contributed by atoms with Crippen LogP contribution in [-0.4, -0.2) is 16.6 Å². The molecule has 0 amide bonds. The fourth-order valence-corrected chi connectivity index (χ4v) is 1.22. The molecule has 4 heteroatoms. The Kier molecular flexibility index (Phi) is 4.56. The van der Waals surface area contributed by atoms with Crippen molar-refractivity contribution < 1.29 is 4.74 Å². The molecule has 0 fully saturated rings. The molecule has 0 saturated carbocycles. The van der Waals surface area contributed by atoms with E-state index in [0.29, 0.717) is 24.2 Å². The van der Waals surface area contributed by atoms with Gasteiger partial charge in [0.05, 0.1) is 6.61 Å². The molecular formula is C10H13ClN2O. The van der Waals surface area contributed by atoms with Crippen LogP contribution < -0.4 is 0 Å². The Morgan fingerprint density at radius 3 is 2.93 bits per heavy atom. The Morgan fingerprint density at radius 2 is 2.29 bits per heavy atom. The zero-order chi connectivity index (χ0) is 10.4. The Hall–Kier alpha value is -0.930. The highest BCUT2D eigenvalue weighted by Crippen LogP contribution is 2.06. The Bertz CT molecular complexity index is 306. The molecule has 1 aromatic rings. The van der Waals surface area contributed by atoms with Gasteiger partial charge in [-0.2, -0.15) is 0 Å². The van der Waals surface area contributed by atoms with Gasteiger partial charge in [-0.05, 0) is 19.9 Å². The molecular weight excluding hydrogens is 200 g/mol. The van der Waals surface area contributed by atoms with E-state index >= 15 is 0 Å². The largest absolute Gasteiger partial charge is 0.369 e. The van der Waals surface area contributed by atoms with Crippen molar-refractivity contribution in [3.63, 3.8) is 0 Å². The van der Waals surface area contributed by atoms with E-state index in [9.17, 15) is 0 Å². The SMILES string of the molecule is C/C=C/COCc1nc(C)cc(Cl)n1. The van der Waals surface area contributed by atoms with Crippen LogP contribution in [0.1, 0.15) is 18.4 Å². The first-order chi connectivity index (χ1) is 6.72. The Morgan fingerprint density at radius 1 is 1.50 bits per heavy atom. The summed E-state index contributed by atoms with van der Waals surface area (Å²) in [6.45, 7) is 4.80. The quantitative estimate of drug-likeness (QED) is 0.437. The van der Waals surface area contributed by atoms with E-state index < -0.39 is 0 Å². The second kappa shape index (κ2) is 5.73. The van der Waals surface area contributed by atoms with Crippen LogP contribution in [0.15, 0.2) is 18.2 Å². The first-order valence-corrected chi connectivity index (χ1v) is 4.79. The molecule has 0 spiro atoms. The van der Waals surface area contributed by atoms with E-state index in [1.807, 2.05) is 26.0 Å². The van der Waals surface area contributed by atoms with Gasteiger partial charge in [0, 0.05) is 5.69 Å². The maximum absolute atomic E-state index is 5.77. The maximum atomic E-state index is 5.77. The van der Waals surface area contributed by atoms with Crippen molar-refractivity contribution in [2.45, 2.75) is 20.5 Å². The molecule has 1 rings (SSSR count). The van der Waals surface area contributed by atoms with Gasteiger partial charge in [-0.15, -0.1) is 0 Å². The normalized spacial score (nSPS) is 11.1. The first kappa shape index (κ1) is 11.1. The molecule has 0 N–H and O–H groups in total. The van der Waals surface area contributed by atoms with Gasteiger partial charge in [0.1, 0.15) is 11.8 Å². The van der Waals surface area contributed by atoms with Gasteiger partial charge in [0.2, 0.25) is 0 Å². The number of ether oxygens (including phenoxy) is 1. The molecule has 14 heavy (non-hydrogen) atoms. The molecule has 0 aromatic carbocycles. The number of nitrogens with zero attached hydrogens (tertiary/aromatic N) is 2. The van der Waals surface area contributed by atoms with E-state index in [-0.39, 0.29) is 0 Å². The number of hydrogen-bond acceptors (Lipinski definition) is 3. The zero-order valence-corrected chi connectivity index (χ0v) is 9.08. The smallest absolute Gasteiger partial charge is 0.155 e. The van der Waals surface area contributed by atoms with Gasteiger partial charge in [0.15, 0.2) is 5.82 Å². The van der Waals surface area contributed by atoms with Crippen LogP contribution in [0.2, 0.25) is 5.15 Å². The van der Waals surface area contributed by atoms with E-state index in [1.54, 1.807) is 6.07 Å². The molecule has 0 atom stereocenters. The lowest BCUT2D eigenvalue weighted by molar-refractivity contribution is 0.142. The van der Waals surface area contributed by atoms with Crippen molar-refractivity contribution in [3.05, 3.63) is 34.9 Å². The zero-order valence-electron chi connectivity index (χ0n) is 8.33. The molecule has 0 aliphatic rings. The number of aryl methyl sites for hydroxylation is 1. The van der Waals surface area contributed by atoms with Gasteiger partial charge >= 0.3 is 0 Å². The Labute approximate surface area is 88.8 Å². The molecule has 76 valence electrons. The summed E-state index contributed by atoms with van der Waals surface area (Å²) in [7, 11) is 0. The summed E-state index contributed by atoms with van der Waals surface area (Å²) >= 11 is 5.77. The average molecular weight is 213 g/mol. The second-order valence-electron chi connectivity index (χ2n) is 2.83. The maximum Gasteiger partial charge on any atom is 0.155 e. The summed E-state index contributed by atoms with van der Waals surface area (Å²) < 4.78 is 5.30. The predicted octanol–water partition coefficient (Wildman–Crippen LogP) is 2.53. The monoisotopic (exact) mass is 212 g/mol. The molecule has 0 saturated heterocycles. The lowest BCUT2D eigenvalue weighted by Crippen LogP contribution is -2.00.